The number of aliphatic carboxylic acids is 1. The van der Waals surface area contributed by atoms with E-state index < -0.39 is 23.9 Å². The van der Waals surface area contributed by atoms with Crippen LogP contribution in [0.3, 0.4) is 0 Å². The topological polar surface area (TPSA) is 49.8 Å². The monoisotopic (exact) mass is 397 g/mol. The summed E-state index contributed by atoms with van der Waals surface area (Å²) < 4.78 is 19.3. The summed E-state index contributed by atoms with van der Waals surface area (Å²) in [5, 5.41) is 10.3. The molecule has 1 saturated heterocycles. The quantitative estimate of drug-likeness (QED) is 0.788. The summed E-state index contributed by atoms with van der Waals surface area (Å²) in [4.78, 5) is 13.5. The summed E-state index contributed by atoms with van der Waals surface area (Å²) in [6, 6.07) is 8.63. The third kappa shape index (κ3) is 3.52. The molecule has 138 valence electrons. The minimum absolute atomic E-state index is 0.126. The van der Waals surface area contributed by atoms with Crippen molar-refractivity contribution in [1.82, 2.24) is 4.90 Å². The fourth-order valence-corrected chi connectivity index (χ4v) is 3.91. The zero-order valence-corrected chi connectivity index (χ0v) is 15.6. The molecule has 1 N–H and O–H groups in total. The number of ether oxygens (including phenoxy) is 1. The minimum Gasteiger partial charge on any atom is -0.494 e. The first kappa shape index (κ1) is 19.0. The average molecular weight is 398 g/mol. The average Bonchev–Trinajstić information content (AvgIpc) is 3.09. The molecular formula is C19H18Cl2FNO3. The zero-order valence-electron chi connectivity index (χ0n) is 14.1. The number of benzene rings is 2. The summed E-state index contributed by atoms with van der Waals surface area (Å²) in [6.45, 7) is 0.568. The summed E-state index contributed by atoms with van der Waals surface area (Å²) in [5.41, 5.74) is 1.25. The molecule has 3 rings (SSSR count). The van der Waals surface area contributed by atoms with Gasteiger partial charge in [0.05, 0.1) is 23.2 Å². The highest BCUT2D eigenvalue weighted by Crippen LogP contribution is 2.40. The van der Waals surface area contributed by atoms with Crippen LogP contribution < -0.4 is 4.74 Å². The number of halogens is 3. The molecule has 0 amide bonds. The molecule has 0 aliphatic carbocycles. The molecule has 2 aromatic rings. The number of rotatable bonds is 5. The Labute approximate surface area is 161 Å². The van der Waals surface area contributed by atoms with Crippen molar-refractivity contribution in [2.24, 2.45) is 0 Å². The van der Waals surface area contributed by atoms with Crippen molar-refractivity contribution >= 4 is 29.2 Å². The van der Waals surface area contributed by atoms with Gasteiger partial charge in [-0.1, -0.05) is 41.4 Å². The highest BCUT2D eigenvalue weighted by Gasteiger charge is 2.38. The molecule has 4 nitrogen and oxygen atoms in total. The van der Waals surface area contributed by atoms with Gasteiger partial charge in [-0.25, -0.2) is 4.39 Å². The van der Waals surface area contributed by atoms with Crippen LogP contribution in [0.5, 0.6) is 5.75 Å². The van der Waals surface area contributed by atoms with E-state index in [0.717, 1.165) is 6.42 Å². The first-order valence-electron chi connectivity index (χ1n) is 8.20. The standard InChI is InChI=1S/C19H18Cl2FNO3/c1-26-16-8-7-11(10-14(16)22)18(12-4-2-5-13(20)17(12)21)23-9-3-6-15(23)19(24)25/h2,4-5,7-8,10,15,18H,3,6,9H2,1H3,(H,24,25). The predicted octanol–water partition coefficient (Wildman–Crippen LogP) is 4.78. The number of carboxylic acids is 1. The molecule has 1 fully saturated rings. The molecule has 0 aromatic heterocycles. The lowest BCUT2D eigenvalue weighted by molar-refractivity contribution is -0.142. The van der Waals surface area contributed by atoms with Crippen LogP contribution in [0, 0.1) is 5.82 Å². The van der Waals surface area contributed by atoms with Crippen molar-refractivity contribution in [2.45, 2.75) is 24.9 Å². The van der Waals surface area contributed by atoms with Crippen molar-refractivity contribution in [2.75, 3.05) is 13.7 Å². The van der Waals surface area contributed by atoms with Crippen LogP contribution in [-0.4, -0.2) is 35.7 Å². The van der Waals surface area contributed by atoms with Gasteiger partial charge in [0, 0.05) is 6.54 Å². The first-order chi connectivity index (χ1) is 12.4. The van der Waals surface area contributed by atoms with Gasteiger partial charge >= 0.3 is 5.97 Å². The first-order valence-corrected chi connectivity index (χ1v) is 8.95. The van der Waals surface area contributed by atoms with Crippen LogP contribution in [0.4, 0.5) is 4.39 Å². The van der Waals surface area contributed by atoms with E-state index in [2.05, 4.69) is 0 Å². The number of likely N-dealkylation sites (tertiary alicyclic amines) is 1. The van der Waals surface area contributed by atoms with Gasteiger partial charge in [0.2, 0.25) is 0 Å². The normalized spacial score (nSPS) is 18.7. The SMILES string of the molecule is COc1ccc(C(c2cccc(Cl)c2Cl)N2CCCC2C(=O)O)cc1F. The minimum atomic E-state index is -0.903. The van der Waals surface area contributed by atoms with Crippen molar-refractivity contribution < 1.29 is 19.0 Å². The second-order valence-electron chi connectivity index (χ2n) is 6.17. The van der Waals surface area contributed by atoms with E-state index in [1.165, 1.54) is 19.2 Å². The molecule has 7 heteroatoms. The van der Waals surface area contributed by atoms with Crippen LogP contribution in [0.1, 0.15) is 30.0 Å². The van der Waals surface area contributed by atoms with E-state index in [1.54, 1.807) is 24.3 Å². The van der Waals surface area contributed by atoms with E-state index in [4.69, 9.17) is 27.9 Å². The smallest absolute Gasteiger partial charge is 0.320 e. The Bertz CT molecular complexity index is 830. The molecule has 2 atom stereocenters. The van der Waals surface area contributed by atoms with Crippen LogP contribution in [-0.2, 0) is 4.79 Å². The van der Waals surface area contributed by atoms with Gasteiger partial charge < -0.3 is 9.84 Å². The van der Waals surface area contributed by atoms with E-state index in [0.29, 0.717) is 34.1 Å². The molecule has 0 radical (unpaired) electrons. The van der Waals surface area contributed by atoms with Gasteiger partial charge in [-0.3, -0.25) is 9.69 Å². The summed E-state index contributed by atoms with van der Waals surface area (Å²) in [7, 11) is 1.39. The molecule has 1 aliphatic rings. The number of carbonyl (C=O) groups is 1. The summed E-state index contributed by atoms with van der Waals surface area (Å²) >= 11 is 12.6. The lowest BCUT2D eigenvalue weighted by Crippen LogP contribution is -2.39. The number of methoxy groups -OCH3 is 1. The van der Waals surface area contributed by atoms with Crippen LogP contribution in [0.2, 0.25) is 10.0 Å². The zero-order chi connectivity index (χ0) is 18.8. The highest BCUT2D eigenvalue weighted by molar-refractivity contribution is 6.42. The number of carboxylic acid groups (broad SMARTS) is 1. The van der Waals surface area contributed by atoms with Crippen LogP contribution >= 0.6 is 23.2 Å². The Hall–Kier alpha value is -1.82. The van der Waals surface area contributed by atoms with Gasteiger partial charge in [-0.2, -0.15) is 0 Å². The molecule has 0 spiro atoms. The maximum atomic E-state index is 14.3. The molecule has 2 unspecified atom stereocenters. The van der Waals surface area contributed by atoms with Crippen molar-refractivity contribution in [1.29, 1.82) is 0 Å². The van der Waals surface area contributed by atoms with E-state index in [-0.39, 0.29) is 5.75 Å². The summed E-state index contributed by atoms with van der Waals surface area (Å²) in [5.74, 6) is -1.29. The Kier molecular flexibility index (Phi) is 5.70. The number of hydrogen-bond donors (Lipinski definition) is 1. The lowest BCUT2D eigenvalue weighted by atomic mass is 9.95. The molecule has 1 aliphatic heterocycles. The Balaban J connectivity index is 2.14. The van der Waals surface area contributed by atoms with Gasteiger partial charge in [0.1, 0.15) is 6.04 Å². The van der Waals surface area contributed by atoms with Crippen molar-refractivity contribution in [3.05, 3.63) is 63.4 Å². The predicted molar refractivity (Wildman–Crippen MR) is 98.6 cm³/mol. The summed E-state index contributed by atoms with van der Waals surface area (Å²) in [6.07, 6.45) is 1.27. The second-order valence-corrected chi connectivity index (χ2v) is 6.96. The fourth-order valence-electron chi connectivity index (χ4n) is 3.50. The number of hydrogen-bond acceptors (Lipinski definition) is 3. The largest absolute Gasteiger partial charge is 0.494 e. The van der Waals surface area contributed by atoms with E-state index >= 15 is 0 Å². The Morgan fingerprint density at radius 1 is 1.35 bits per heavy atom. The van der Waals surface area contributed by atoms with Crippen LogP contribution in [0.15, 0.2) is 36.4 Å². The second kappa shape index (κ2) is 7.82. The maximum Gasteiger partial charge on any atom is 0.320 e. The van der Waals surface area contributed by atoms with Gasteiger partial charge in [0.15, 0.2) is 11.6 Å². The Morgan fingerprint density at radius 2 is 2.12 bits per heavy atom. The fraction of sp³-hybridized carbons (Fsp3) is 0.316. The third-order valence-corrected chi connectivity index (χ3v) is 5.51. The van der Waals surface area contributed by atoms with E-state index in [9.17, 15) is 14.3 Å². The molecule has 2 aromatic carbocycles. The van der Waals surface area contributed by atoms with Crippen molar-refractivity contribution in [3.8, 4) is 5.75 Å². The van der Waals surface area contributed by atoms with E-state index in [1.807, 2.05) is 4.90 Å². The number of nitrogens with zero attached hydrogens (tertiary/aromatic N) is 1. The molecular weight excluding hydrogens is 380 g/mol. The highest BCUT2D eigenvalue weighted by atomic mass is 35.5. The van der Waals surface area contributed by atoms with Crippen LogP contribution in [0.25, 0.3) is 0 Å². The molecule has 0 bridgehead atoms. The molecule has 1 heterocycles. The maximum absolute atomic E-state index is 14.3. The lowest BCUT2D eigenvalue weighted by Gasteiger charge is -2.32. The third-order valence-electron chi connectivity index (χ3n) is 4.68. The Morgan fingerprint density at radius 3 is 2.77 bits per heavy atom. The molecule has 26 heavy (non-hydrogen) atoms. The molecule has 0 saturated carbocycles. The van der Waals surface area contributed by atoms with Gasteiger partial charge in [0.25, 0.3) is 0 Å². The van der Waals surface area contributed by atoms with Gasteiger partial charge in [-0.15, -0.1) is 0 Å². The van der Waals surface area contributed by atoms with Crippen molar-refractivity contribution in [3.63, 3.8) is 0 Å². The van der Waals surface area contributed by atoms with Gasteiger partial charge in [-0.05, 0) is 42.2 Å².